The van der Waals surface area contributed by atoms with Crippen molar-refractivity contribution in [2.75, 3.05) is 13.2 Å². The van der Waals surface area contributed by atoms with Gasteiger partial charge in [-0.05, 0) is 30.2 Å². The summed E-state index contributed by atoms with van der Waals surface area (Å²) in [6, 6.07) is 16.5. The van der Waals surface area contributed by atoms with Gasteiger partial charge in [0.25, 0.3) is 0 Å². The summed E-state index contributed by atoms with van der Waals surface area (Å²) in [6.07, 6.45) is 0.312. The molecule has 6 nitrogen and oxygen atoms in total. The van der Waals surface area contributed by atoms with Crippen LogP contribution in [0.4, 0.5) is 0 Å². The second-order valence-electron chi connectivity index (χ2n) is 5.78. The zero-order valence-corrected chi connectivity index (χ0v) is 14.8. The molecule has 6 heteroatoms. The van der Waals surface area contributed by atoms with Crippen LogP contribution < -0.4 is 15.8 Å². The summed E-state index contributed by atoms with van der Waals surface area (Å²) in [5, 5.41) is 2.59. The topological polar surface area (TPSA) is 90.7 Å². The van der Waals surface area contributed by atoms with E-state index in [4.69, 9.17) is 15.2 Å². The molecule has 0 aromatic heterocycles. The predicted molar refractivity (Wildman–Crippen MR) is 98.5 cm³/mol. The molecule has 2 amide bonds. The van der Waals surface area contributed by atoms with Gasteiger partial charge in [-0.15, -0.1) is 0 Å². The third-order valence-corrected chi connectivity index (χ3v) is 3.73. The van der Waals surface area contributed by atoms with E-state index >= 15 is 0 Å². The van der Waals surface area contributed by atoms with Crippen LogP contribution in [0.3, 0.4) is 0 Å². The Morgan fingerprint density at radius 1 is 1.04 bits per heavy atom. The lowest BCUT2D eigenvalue weighted by Crippen LogP contribution is -2.47. The van der Waals surface area contributed by atoms with Gasteiger partial charge in [0, 0.05) is 13.0 Å². The minimum absolute atomic E-state index is 0.0907. The van der Waals surface area contributed by atoms with Gasteiger partial charge in [-0.1, -0.05) is 42.5 Å². The lowest BCUT2D eigenvalue weighted by molar-refractivity contribution is -0.130. The minimum atomic E-state index is -0.779. The van der Waals surface area contributed by atoms with Crippen LogP contribution in [0.1, 0.15) is 18.1 Å². The average Bonchev–Trinajstić information content (AvgIpc) is 2.66. The Hall–Kier alpha value is -2.86. The fourth-order valence-corrected chi connectivity index (χ4v) is 2.35. The Kier molecular flexibility index (Phi) is 7.64. The molecule has 0 radical (unpaired) electrons. The molecular weight excluding hydrogens is 332 g/mol. The summed E-state index contributed by atoms with van der Waals surface area (Å²) in [7, 11) is 0. The quantitative estimate of drug-likeness (QED) is 0.679. The Morgan fingerprint density at radius 3 is 2.35 bits per heavy atom. The molecule has 0 aliphatic carbocycles. The molecule has 0 bridgehead atoms. The molecule has 2 aromatic carbocycles. The maximum absolute atomic E-state index is 11.7. The molecule has 2 aromatic rings. The number of nitrogens with two attached hydrogens (primary N) is 1. The monoisotopic (exact) mass is 356 g/mol. The van der Waals surface area contributed by atoms with E-state index in [-0.39, 0.29) is 12.5 Å². The molecule has 26 heavy (non-hydrogen) atoms. The first kappa shape index (κ1) is 19.5. The number of benzene rings is 2. The standard InChI is InChI=1S/C20H24N2O4/c1-2-25-14-19(23)22-18(20(21)24)12-15-8-10-17(11-9-15)26-13-16-6-4-3-5-7-16/h3-11,18H,2,12-14H2,1H3,(H2,21,24)(H,22,23)/t18-/m0/s1. The second kappa shape index (κ2) is 10.2. The van der Waals surface area contributed by atoms with Gasteiger partial charge in [-0.25, -0.2) is 0 Å². The zero-order valence-electron chi connectivity index (χ0n) is 14.8. The lowest BCUT2D eigenvalue weighted by Gasteiger charge is -2.16. The average molecular weight is 356 g/mol. The number of ether oxygens (including phenoxy) is 2. The largest absolute Gasteiger partial charge is 0.489 e. The second-order valence-corrected chi connectivity index (χ2v) is 5.78. The number of primary amides is 1. The van der Waals surface area contributed by atoms with Crippen molar-refractivity contribution in [1.82, 2.24) is 5.32 Å². The molecule has 2 rings (SSSR count). The summed E-state index contributed by atoms with van der Waals surface area (Å²) in [4.78, 5) is 23.3. The van der Waals surface area contributed by atoms with Crippen molar-refractivity contribution >= 4 is 11.8 Å². The smallest absolute Gasteiger partial charge is 0.246 e. The number of carbonyl (C=O) groups excluding carboxylic acids is 2. The van der Waals surface area contributed by atoms with Crippen LogP contribution in [0, 0.1) is 0 Å². The summed E-state index contributed by atoms with van der Waals surface area (Å²) < 4.78 is 10.8. The molecule has 0 saturated heterocycles. The van der Waals surface area contributed by atoms with Gasteiger partial charge in [0.05, 0.1) is 0 Å². The fourth-order valence-electron chi connectivity index (χ4n) is 2.35. The van der Waals surface area contributed by atoms with Gasteiger partial charge < -0.3 is 20.5 Å². The van der Waals surface area contributed by atoms with Gasteiger partial charge in [0.1, 0.15) is 25.0 Å². The Bertz CT molecular complexity index is 702. The minimum Gasteiger partial charge on any atom is -0.489 e. The third kappa shape index (κ3) is 6.57. The maximum Gasteiger partial charge on any atom is 0.246 e. The highest BCUT2D eigenvalue weighted by Gasteiger charge is 2.18. The molecule has 0 saturated carbocycles. The summed E-state index contributed by atoms with van der Waals surface area (Å²) >= 11 is 0. The first-order chi connectivity index (χ1) is 12.6. The van der Waals surface area contributed by atoms with Crippen LogP contribution in [0.5, 0.6) is 5.75 Å². The Balaban J connectivity index is 1.89. The van der Waals surface area contributed by atoms with Crippen LogP contribution in [0.25, 0.3) is 0 Å². The highest BCUT2D eigenvalue weighted by Crippen LogP contribution is 2.15. The first-order valence-electron chi connectivity index (χ1n) is 8.50. The van der Waals surface area contributed by atoms with Crippen LogP contribution >= 0.6 is 0 Å². The van der Waals surface area contributed by atoms with Crippen molar-refractivity contribution in [2.45, 2.75) is 26.0 Å². The number of hydrogen-bond donors (Lipinski definition) is 2. The van der Waals surface area contributed by atoms with Crippen LogP contribution in [-0.4, -0.2) is 31.1 Å². The Labute approximate surface area is 153 Å². The molecule has 1 atom stereocenters. The molecule has 3 N–H and O–H groups in total. The molecule has 0 unspecified atom stereocenters. The number of hydrogen-bond acceptors (Lipinski definition) is 4. The molecule has 0 spiro atoms. The van der Waals surface area contributed by atoms with E-state index in [1.54, 1.807) is 6.92 Å². The van der Waals surface area contributed by atoms with Gasteiger partial charge in [0.15, 0.2) is 0 Å². The number of carbonyl (C=O) groups is 2. The van der Waals surface area contributed by atoms with Crippen molar-refractivity contribution in [2.24, 2.45) is 5.73 Å². The highest BCUT2D eigenvalue weighted by atomic mass is 16.5. The number of nitrogens with one attached hydrogen (secondary N) is 1. The normalized spacial score (nSPS) is 11.6. The molecule has 0 aliphatic rings. The van der Waals surface area contributed by atoms with E-state index in [0.29, 0.717) is 19.6 Å². The first-order valence-corrected chi connectivity index (χ1v) is 8.50. The van der Waals surface area contributed by atoms with E-state index in [9.17, 15) is 9.59 Å². The van der Waals surface area contributed by atoms with Crippen LogP contribution in [0.15, 0.2) is 54.6 Å². The summed E-state index contributed by atoms with van der Waals surface area (Å²) in [6.45, 7) is 2.61. The van der Waals surface area contributed by atoms with Crippen LogP contribution in [0.2, 0.25) is 0 Å². The molecule has 0 heterocycles. The van der Waals surface area contributed by atoms with E-state index in [2.05, 4.69) is 5.32 Å². The zero-order chi connectivity index (χ0) is 18.8. The van der Waals surface area contributed by atoms with Gasteiger partial charge >= 0.3 is 0 Å². The van der Waals surface area contributed by atoms with Crippen molar-refractivity contribution in [3.8, 4) is 5.75 Å². The number of amides is 2. The van der Waals surface area contributed by atoms with Crippen molar-refractivity contribution in [1.29, 1.82) is 0 Å². The predicted octanol–water partition coefficient (Wildman–Crippen LogP) is 1.81. The highest BCUT2D eigenvalue weighted by molar-refractivity contribution is 5.87. The molecular formula is C20H24N2O4. The maximum atomic E-state index is 11.7. The molecule has 0 aliphatic heterocycles. The van der Waals surface area contributed by atoms with Crippen LogP contribution in [-0.2, 0) is 27.4 Å². The van der Waals surface area contributed by atoms with E-state index in [0.717, 1.165) is 16.9 Å². The fraction of sp³-hybridized carbons (Fsp3) is 0.300. The summed E-state index contributed by atoms with van der Waals surface area (Å²) in [5.74, 6) is -0.216. The lowest BCUT2D eigenvalue weighted by atomic mass is 10.1. The SMILES string of the molecule is CCOCC(=O)N[C@@H](Cc1ccc(OCc2ccccc2)cc1)C(N)=O. The van der Waals surface area contributed by atoms with Gasteiger partial charge in [-0.3, -0.25) is 9.59 Å². The van der Waals surface area contributed by atoms with Gasteiger partial charge in [-0.2, -0.15) is 0 Å². The van der Waals surface area contributed by atoms with Crippen molar-refractivity contribution in [3.05, 3.63) is 65.7 Å². The Morgan fingerprint density at radius 2 is 1.73 bits per heavy atom. The van der Waals surface area contributed by atoms with Gasteiger partial charge in [0.2, 0.25) is 11.8 Å². The summed E-state index contributed by atoms with van der Waals surface area (Å²) in [5.41, 5.74) is 7.34. The molecule has 0 fully saturated rings. The van der Waals surface area contributed by atoms with E-state index < -0.39 is 11.9 Å². The third-order valence-electron chi connectivity index (χ3n) is 3.73. The van der Waals surface area contributed by atoms with E-state index in [1.807, 2.05) is 54.6 Å². The number of rotatable bonds is 10. The molecule has 138 valence electrons. The van der Waals surface area contributed by atoms with Crippen molar-refractivity contribution in [3.63, 3.8) is 0 Å². The van der Waals surface area contributed by atoms with Crippen molar-refractivity contribution < 1.29 is 19.1 Å². The van der Waals surface area contributed by atoms with E-state index in [1.165, 1.54) is 0 Å².